The highest BCUT2D eigenvalue weighted by molar-refractivity contribution is 5.72. The second-order valence-electron chi connectivity index (χ2n) is 4.20. The Morgan fingerprint density at radius 3 is 2.94 bits per heavy atom. The van der Waals surface area contributed by atoms with Gasteiger partial charge < -0.3 is 15.2 Å². The van der Waals surface area contributed by atoms with Gasteiger partial charge in [-0.15, -0.1) is 0 Å². The SMILES string of the molecule is CC(=O)NCCn1ccnc1NCC(C)C. The highest BCUT2D eigenvalue weighted by atomic mass is 16.1. The molecule has 0 spiro atoms. The van der Waals surface area contributed by atoms with Crippen LogP contribution in [0.2, 0.25) is 0 Å². The van der Waals surface area contributed by atoms with Crippen molar-refractivity contribution in [1.29, 1.82) is 0 Å². The van der Waals surface area contributed by atoms with E-state index in [0.29, 0.717) is 12.5 Å². The molecule has 2 N–H and O–H groups in total. The molecular formula is C11H20N4O. The van der Waals surface area contributed by atoms with Gasteiger partial charge in [0.1, 0.15) is 0 Å². The second-order valence-corrected chi connectivity index (χ2v) is 4.20. The van der Waals surface area contributed by atoms with Gasteiger partial charge in [0.2, 0.25) is 11.9 Å². The van der Waals surface area contributed by atoms with E-state index in [0.717, 1.165) is 19.0 Å². The zero-order valence-corrected chi connectivity index (χ0v) is 10.2. The van der Waals surface area contributed by atoms with Gasteiger partial charge in [-0.3, -0.25) is 4.79 Å². The van der Waals surface area contributed by atoms with Crippen LogP contribution in [0.15, 0.2) is 12.4 Å². The number of imidazole rings is 1. The molecule has 0 fully saturated rings. The summed E-state index contributed by atoms with van der Waals surface area (Å²) in [4.78, 5) is 14.9. The molecule has 0 unspecified atom stereocenters. The number of nitrogens with one attached hydrogen (secondary N) is 2. The predicted octanol–water partition coefficient (Wildman–Crippen LogP) is 1.09. The highest BCUT2D eigenvalue weighted by Gasteiger charge is 2.02. The van der Waals surface area contributed by atoms with Crippen molar-refractivity contribution in [2.24, 2.45) is 5.92 Å². The zero-order chi connectivity index (χ0) is 12.0. The molecule has 1 aromatic rings. The van der Waals surface area contributed by atoms with E-state index in [1.54, 1.807) is 6.20 Å². The normalized spacial score (nSPS) is 10.5. The number of hydrogen-bond donors (Lipinski definition) is 2. The Labute approximate surface area is 96.3 Å². The largest absolute Gasteiger partial charge is 0.355 e. The Kier molecular flexibility index (Phi) is 4.82. The first-order chi connectivity index (χ1) is 7.59. The fraction of sp³-hybridized carbons (Fsp3) is 0.636. The maximum Gasteiger partial charge on any atom is 0.216 e. The first-order valence-corrected chi connectivity index (χ1v) is 5.59. The number of nitrogens with zero attached hydrogens (tertiary/aromatic N) is 2. The number of anilines is 1. The van der Waals surface area contributed by atoms with Crippen molar-refractivity contribution in [3.63, 3.8) is 0 Å². The van der Waals surface area contributed by atoms with Crippen molar-refractivity contribution in [2.75, 3.05) is 18.4 Å². The monoisotopic (exact) mass is 224 g/mol. The summed E-state index contributed by atoms with van der Waals surface area (Å²) < 4.78 is 2.00. The third kappa shape index (κ3) is 4.33. The lowest BCUT2D eigenvalue weighted by atomic mass is 10.2. The summed E-state index contributed by atoms with van der Waals surface area (Å²) in [6.45, 7) is 8.08. The molecule has 0 saturated heterocycles. The lowest BCUT2D eigenvalue weighted by Crippen LogP contribution is -2.25. The molecular weight excluding hydrogens is 204 g/mol. The van der Waals surface area contributed by atoms with E-state index in [4.69, 9.17) is 0 Å². The van der Waals surface area contributed by atoms with E-state index in [1.165, 1.54) is 6.92 Å². The van der Waals surface area contributed by atoms with Crippen LogP contribution in [0.5, 0.6) is 0 Å². The smallest absolute Gasteiger partial charge is 0.216 e. The molecule has 0 atom stereocenters. The first-order valence-electron chi connectivity index (χ1n) is 5.59. The average molecular weight is 224 g/mol. The molecule has 1 amide bonds. The van der Waals surface area contributed by atoms with Gasteiger partial charge >= 0.3 is 0 Å². The molecule has 0 bridgehead atoms. The molecule has 0 aliphatic rings. The molecule has 0 saturated carbocycles. The van der Waals surface area contributed by atoms with Gasteiger partial charge in [0, 0.05) is 39.0 Å². The minimum absolute atomic E-state index is 0.00296. The van der Waals surface area contributed by atoms with Crippen LogP contribution in [0.25, 0.3) is 0 Å². The number of rotatable bonds is 6. The van der Waals surface area contributed by atoms with Crippen LogP contribution in [0, 0.1) is 5.92 Å². The van der Waals surface area contributed by atoms with E-state index in [1.807, 2.05) is 10.8 Å². The van der Waals surface area contributed by atoms with Crippen molar-refractivity contribution in [3.8, 4) is 0 Å². The van der Waals surface area contributed by atoms with Crippen molar-refractivity contribution >= 4 is 11.9 Å². The number of carbonyl (C=O) groups excluding carboxylic acids is 1. The molecule has 0 aromatic carbocycles. The van der Waals surface area contributed by atoms with Crippen molar-refractivity contribution in [1.82, 2.24) is 14.9 Å². The van der Waals surface area contributed by atoms with Crippen LogP contribution < -0.4 is 10.6 Å². The van der Waals surface area contributed by atoms with Gasteiger partial charge in [-0.1, -0.05) is 13.8 Å². The van der Waals surface area contributed by atoms with E-state index in [9.17, 15) is 4.79 Å². The van der Waals surface area contributed by atoms with E-state index >= 15 is 0 Å². The van der Waals surface area contributed by atoms with Crippen LogP contribution in [0.4, 0.5) is 5.95 Å². The molecule has 5 heteroatoms. The van der Waals surface area contributed by atoms with Crippen LogP contribution in [0.3, 0.4) is 0 Å². The fourth-order valence-corrected chi connectivity index (χ4v) is 1.30. The van der Waals surface area contributed by atoms with Gasteiger partial charge in [-0.25, -0.2) is 4.98 Å². The average Bonchev–Trinajstić information content (AvgIpc) is 2.62. The third-order valence-corrected chi connectivity index (χ3v) is 2.11. The Balaban J connectivity index is 2.40. The number of hydrogen-bond acceptors (Lipinski definition) is 3. The summed E-state index contributed by atoms with van der Waals surface area (Å²) >= 11 is 0. The van der Waals surface area contributed by atoms with Gasteiger partial charge in [0.15, 0.2) is 0 Å². The van der Waals surface area contributed by atoms with Crippen molar-refractivity contribution in [3.05, 3.63) is 12.4 Å². The summed E-state index contributed by atoms with van der Waals surface area (Å²) in [6.07, 6.45) is 3.67. The molecule has 16 heavy (non-hydrogen) atoms. The van der Waals surface area contributed by atoms with Gasteiger partial charge in [0.05, 0.1) is 0 Å². The Morgan fingerprint density at radius 1 is 1.56 bits per heavy atom. The highest BCUT2D eigenvalue weighted by Crippen LogP contribution is 2.04. The maximum absolute atomic E-state index is 10.7. The Bertz CT molecular complexity index is 332. The molecule has 1 rings (SSSR count). The van der Waals surface area contributed by atoms with Crippen LogP contribution in [0.1, 0.15) is 20.8 Å². The summed E-state index contributed by atoms with van der Waals surface area (Å²) in [6, 6.07) is 0. The third-order valence-electron chi connectivity index (χ3n) is 2.11. The maximum atomic E-state index is 10.7. The van der Waals surface area contributed by atoms with Crippen LogP contribution in [-0.4, -0.2) is 28.5 Å². The van der Waals surface area contributed by atoms with Crippen molar-refractivity contribution in [2.45, 2.75) is 27.3 Å². The molecule has 5 nitrogen and oxygen atoms in total. The number of aromatic nitrogens is 2. The van der Waals surface area contributed by atoms with Crippen molar-refractivity contribution < 1.29 is 4.79 Å². The molecule has 1 aromatic heterocycles. The molecule has 0 radical (unpaired) electrons. The topological polar surface area (TPSA) is 59.0 Å². The predicted molar refractivity (Wildman–Crippen MR) is 64.2 cm³/mol. The standard InChI is InChI=1S/C11H20N4O/c1-9(2)8-14-11-13-5-7-15(11)6-4-12-10(3)16/h5,7,9H,4,6,8H2,1-3H3,(H,12,16)(H,13,14). The minimum Gasteiger partial charge on any atom is -0.355 e. The Morgan fingerprint density at radius 2 is 2.31 bits per heavy atom. The summed E-state index contributed by atoms with van der Waals surface area (Å²) in [5.41, 5.74) is 0. The van der Waals surface area contributed by atoms with Gasteiger partial charge in [-0.05, 0) is 5.92 Å². The molecule has 0 aliphatic carbocycles. The van der Waals surface area contributed by atoms with Crippen LogP contribution >= 0.6 is 0 Å². The van der Waals surface area contributed by atoms with Gasteiger partial charge in [-0.2, -0.15) is 0 Å². The Hall–Kier alpha value is -1.52. The minimum atomic E-state index is -0.00296. The van der Waals surface area contributed by atoms with Crippen LogP contribution in [-0.2, 0) is 11.3 Å². The summed E-state index contributed by atoms with van der Waals surface area (Å²) in [5, 5.41) is 6.03. The first kappa shape index (κ1) is 12.5. The lowest BCUT2D eigenvalue weighted by Gasteiger charge is -2.11. The summed E-state index contributed by atoms with van der Waals surface area (Å²) in [5.74, 6) is 1.44. The molecule has 90 valence electrons. The number of carbonyl (C=O) groups is 1. The fourth-order valence-electron chi connectivity index (χ4n) is 1.30. The molecule has 1 heterocycles. The van der Waals surface area contributed by atoms with E-state index < -0.39 is 0 Å². The quantitative estimate of drug-likeness (QED) is 0.760. The number of amides is 1. The van der Waals surface area contributed by atoms with E-state index in [-0.39, 0.29) is 5.91 Å². The molecule has 0 aliphatic heterocycles. The summed E-state index contributed by atoms with van der Waals surface area (Å²) in [7, 11) is 0. The zero-order valence-electron chi connectivity index (χ0n) is 10.2. The lowest BCUT2D eigenvalue weighted by molar-refractivity contribution is -0.118. The van der Waals surface area contributed by atoms with E-state index in [2.05, 4.69) is 29.5 Å². The second kappa shape index (κ2) is 6.15. The van der Waals surface area contributed by atoms with Gasteiger partial charge in [0.25, 0.3) is 0 Å².